The minimum atomic E-state index is -1.49. The lowest BCUT2D eigenvalue weighted by Gasteiger charge is -2.13. The minimum Gasteiger partial charge on any atom is -0.548 e. The van der Waals surface area contributed by atoms with Crippen molar-refractivity contribution in [2.24, 2.45) is 0 Å². The van der Waals surface area contributed by atoms with Gasteiger partial charge in [0.05, 0.1) is 23.6 Å². The zero-order valence-electron chi connectivity index (χ0n) is 7.90. The van der Waals surface area contributed by atoms with Crippen LogP contribution in [0.1, 0.15) is 20.7 Å². The Morgan fingerprint density at radius 3 is 2.50 bits per heavy atom. The third kappa shape index (κ3) is 1.55. The fourth-order valence-electron chi connectivity index (χ4n) is 1.54. The van der Waals surface area contributed by atoms with E-state index in [0.717, 1.165) is 0 Å². The van der Waals surface area contributed by atoms with E-state index in [1.807, 2.05) is 0 Å². The second-order valence-electron chi connectivity index (χ2n) is 3.26. The van der Waals surface area contributed by atoms with Crippen LogP contribution < -0.4 is 5.11 Å². The molecule has 0 unspecified atom stereocenters. The van der Waals surface area contributed by atoms with Crippen LogP contribution in [0.15, 0.2) is 18.2 Å². The van der Waals surface area contributed by atoms with Crippen LogP contribution in [-0.2, 0) is 4.79 Å². The van der Waals surface area contributed by atoms with Gasteiger partial charge in [-0.2, -0.15) is 0 Å². The van der Waals surface area contributed by atoms with Crippen LogP contribution in [-0.4, -0.2) is 29.2 Å². The van der Waals surface area contributed by atoms with Crippen LogP contribution in [0, 0.1) is 0 Å². The summed E-state index contributed by atoms with van der Waals surface area (Å²) in [6, 6.07) is 4.20. The van der Waals surface area contributed by atoms with Gasteiger partial charge in [0.25, 0.3) is 11.8 Å². The van der Waals surface area contributed by atoms with E-state index in [9.17, 15) is 19.5 Å². The largest absolute Gasteiger partial charge is 0.548 e. The van der Waals surface area contributed by atoms with E-state index >= 15 is 0 Å². The van der Waals surface area contributed by atoms with Crippen molar-refractivity contribution in [1.29, 1.82) is 0 Å². The summed E-state index contributed by atoms with van der Waals surface area (Å²) < 4.78 is 0. The highest BCUT2D eigenvalue weighted by atomic mass is 35.5. The molecule has 1 heterocycles. The fourth-order valence-corrected chi connectivity index (χ4v) is 1.71. The number of nitrogens with zero attached hydrogens (tertiary/aromatic N) is 1. The monoisotopic (exact) mass is 238 g/mol. The maximum absolute atomic E-state index is 11.7. The summed E-state index contributed by atoms with van der Waals surface area (Å²) >= 11 is 5.68. The van der Waals surface area contributed by atoms with Gasteiger partial charge in [0, 0.05) is 5.02 Å². The van der Waals surface area contributed by atoms with Crippen molar-refractivity contribution in [2.75, 3.05) is 6.54 Å². The van der Waals surface area contributed by atoms with Gasteiger partial charge in [-0.15, -0.1) is 0 Å². The first-order chi connectivity index (χ1) is 7.50. The molecule has 2 amide bonds. The van der Waals surface area contributed by atoms with Gasteiger partial charge in [-0.05, 0) is 18.2 Å². The number of rotatable bonds is 2. The first kappa shape index (κ1) is 10.6. The zero-order valence-corrected chi connectivity index (χ0v) is 8.65. The number of aliphatic carboxylic acids is 1. The van der Waals surface area contributed by atoms with Crippen molar-refractivity contribution in [3.8, 4) is 0 Å². The molecule has 0 N–H and O–H groups in total. The molecule has 0 spiro atoms. The first-order valence-electron chi connectivity index (χ1n) is 4.36. The van der Waals surface area contributed by atoms with Crippen LogP contribution in [0.5, 0.6) is 0 Å². The zero-order chi connectivity index (χ0) is 11.9. The maximum atomic E-state index is 11.7. The van der Waals surface area contributed by atoms with E-state index < -0.39 is 24.3 Å². The van der Waals surface area contributed by atoms with Crippen molar-refractivity contribution < 1.29 is 19.5 Å². The Labute approximate surface area is 95.2 Å². The molecule has 1 aromatic rings. The van der Waals surface area contributed by atoms with Crippen LogP contribution in [0.25, 0.3) is 0 Å². The highest BCUT2D eigenvalue weighted by Gasteiger charge is 2.35. The van der Waals surface area contributed by atoms with E-state index in [-0.39, 0.29) is 11.1 Å². The molecule has 1 aromatic carbocycles. The number of hydrogen-bond donors (Lipinski definition) is 0. The average molecular weight is 239 g/mol. The SMILES string of the molecule is O=C([O-])CN1C(=O)c2ccc(Cl)cc2C1=O. The molecule has 1 aliphatic heterocycles. The van der Waals surface area contributed by atoms with Crippen molar-refractivity contribution in [3.63, 3.8) is 0 Å². The van der Waals surface area contributed by atoms with Gasteiger partial charge in [0.1, 0.15) is 0 Å². The molecule has 0 saturated carbocycles. The molecule has 0 saturated heterocycles. The molecular weight excluding hydrogens is 234 g/mol. The molecule has 6 heteroatoms. The Morgan fingerprint density at radius 2 is 1.88 bits per heavy atom. The Morgan fingerprint density at radius 1 is 1.25 bits per heavy atom. The number of carboxylic acids is 1. The molecule has 0 aliphatic carbocycles. The molecule has 2 rings (SSSR count). The summed E-state index contributed by atoms with van der Waals surface area (Å²) in [5.74, 6) is -2.78. The third-order valence-corrected chi connectivity index (χ3v) is 2.46. The third-order valence-electron chi connectivity index (χ3n) is 2.22. The molecular formula is C10H5ClNO4-. The number of fused-ring (bicyclic) bond motifs is 1. The van der Waals surface area contributed by atoms with Gasteiger partial charge in [-0.1, -0.05) is 11.6 Å². The molecule has 0 fully saturated rings. The smallest absolute Gasteiger partial charge is 0.261 e. The van der Waals surface area contributed by atoms with E-state index in [1.165, 1.54) is 18.2 Å². The summed E-state index contributed by atoms with van der Waals surface area (Å²) in [5, 5.41) is 10.7. The van der Waals surface area contributed by atoms with Gasteiger partial charge >= 0.3 is 0 Å². The Bertz CT molecular complexity index is 512. The summed E-state index contributed by atoms with van der Waals surface area (Å²) in [6.45, 7) is -0.746. The summed E-state index contributed by atoms with van der Waals surface area (Å²) in [7, 11) is 0. The molecule has 16 heavy (non-hydrogen) atoms. The van der Waals surface area contributed by atoms with E-state index in [1.54, 1.807) is 0 Å². The Kier molecular flexibility index (Phi) is 2.40. The lowest BCUT2D eigenvalue weighted by Crippen LogP contribution is -2.41. The number of amides is 2. The molecule has 0 aromatic heterocycles. The Hall–Kier alpha value is -1.88. The van der Waals surface area contributed by atoms with Crippen LogP contribution >= 0.6 is 11.6 Å². The van der Waals surface area contributed by atoms with Gasteiger partial charge < -0.3 is 9.90 Å². The van der Waals surface area contributed by atoms with Crippen LogP contribution in [0.2, 0.25) is 5.02 Å². The normalized spacial score (nSPS) is 14.2. The highest BCUT2D eigenvalue weighted by molar-refractivity contribution is 6.32. The highest BCUT2D eigenvalue weighted by Crippen LogP contribution is 2.25. The second kappa shape index (κ2) is 3.61. The van der Waals surface area contributed by atoms with Gasteiger partial charge in [0.2, 0.25) is 0 Å². The average Bonchev–Trinajstić information content (AvgIpc) is 2.43. The van der Waals surface area contributed by atoms with E-state index in [0.29, 0.717) is 9.92 Å². The van der Waals surface area contributed by atoms with Gasteiger partial charge in [0.15, 0.2) is 0 Å². The summed E-state index contributed by atoms with van der Waals surface area (Å²) in [4.78, 5) is 34.3. The topological polar surface area (TPSA) is 77.5 Å². The molecule has 1 aliphatic rings. The summed E-state index contributed by atoms with van der Waals surface area (Å²) in [5.41, 5.74) is 0.286. The van der Waals surface area contributed by atoms with Crippen molar-refractivity contribution in [1.82, 2.24) is 4.90 Å². The number of benzene rings is 1. The number of carbonyl (C=O) groups excluding carboxylic acids is 3. The number of carboxylic acid groups (broad SMARTS) is 1. The fraction of sp³-hybridized carbons (Fsp3) is 0.100. The number of imide groups is 1. The standard InChI is InChI=1S/C10H6ClNO4/c11-5-1-2-6-7(3-5)10(16)12(9(6)15)4-8(13)14/h1-3H,4H2,(H,13,14)/p-1. The lowest BCUT2D eigenvalue weighted by molar-refractivity contribution is -0.305. The molecule has 0 bridgehead atoms. The molecule has 82 valence electrons. The maximum Gasteiger partial charge on any atom is 0.261 e. The molecule has 5 nitrogen and oxygen atoms in total. The van der Waals surface area contributed by atoms with Gasteiger partial charge in [-0.25, -0.2) is 0 Å². The van der Waals surface area contributed by atoms with Crippen LogP contribution in [0.3, 0.4) is 0 Å². The van der Waals surface area contributed by atoms with Crippen molar-refractivity contribution in [3.05, 3.63) is 34.3 Å². The van der Waals surface area contributed by atoms with Crippen LogP contribution in [0.4, 0.5) is 0 Å². The minimum absolute atomic E-state index is 0.124. The predicted molar refractivity (Wildman–Crippen MR) is 51.8 cm³/mol. The lowest BCUT2D eigenvalue weighted by atomic mass is 10.1. The van der Waals surface area contributed by atoms with Crippen molar-refractivity contribution in [2.45, 2.75) is 0 Å². The molecule has 0 atom stereocenters. The van der Waals surface area contributed by atoms with E-state index in [4.69, 9.17) is 11.6 Å². The number of carbonyl (C=O) groups is 3. The quantitative estimate of drug-likeness (QED) is 0.662. The van der Waals surface area contributed by atoms with Crippen molar-refractivity contribution >= 4 is 29.4 Å². The Balaban J connectivity index is 2.44. The number of halogens is 1. The first-order valence-corrected chi connectivity index (χ1v) is 4.74. The van der Waals surface area contributed by atoms with E-state index in [2.05, 4.69) is 0 Å². The number of hydrogen-bond acceptors (Lipinski definition) is 4. The predicted octanol–water partition coefficient (Wildman–Crippen LogP) is -0.314. The second-order valence-corrected chi connectivity index (χ2v) is 3.69. The summed E-state index contributed by atoms with van der Waals surface area (Å²) in [6.07, 6.45) is 0. The molecule has 0 radical (unpaired) electrons. The van der Waals surface area contributed by atoms with Gasteiger partial charge in [-0.3, -0.25) is 14.5 Å².